The summed E-state index contributed by atoms with van der Waals surface area (Å²) in [5, 5.41) is 7.06. The second-order valence-corrected chi connectivity index (χ2v) is 12.8. The molecule has 0 aliphatic carbocycles. The summed E-state index contributed by atoms with van der Waals surface area (Å²) in [4.78, 5) is 14.8. The van der Waals surface area contributed by atoms with Gasteiger partial charge in [-0.15, -0.1) is 0 Å². The summed E-state index contributed by atoms with van der Waals surface area (Å²) in [5.74, 6) is 1.93. The van der Waals surface area contributed by atoms with Crippen LogP contribution in [0.2, 0.25) is 0 Å². The Labute approximate surface area is 294 Å². The molecule has 0 spiro atoms. The van der Waals surface area contributed by atoms with E-state index in [-0.39, 0.29) is 0 Å². The van der Waals surface area contributed by atoms with Crippen LogP contribution in [0, 0.1) is 0 Å². The van der Waals surface area contributed by atoms with Crippen LogP contribution in [0.1, 0.15) is 0 Å². The van der Waals surface area contributed by atoms with E-state index in [9.17, 15) is 0 Å². The molecular weight excluding hydrogens is 623 g/mol. The lowest BCUT2D eigenvalue weighted by atomic mass is 9.95. The number of rotatable bonds is 5. The van der Waals surface area contributed by atoms with Gasteiger partial charge in [-0.3, -0.25) is 0 Å². The zero-order valence-corrected chi connectivity index (χ0v) is 27.5. The molecule has 0 atom stereocenters. The molecule has 0 N–H and O–H groups in total. The molecular formula is C47H29N3O. The van der Waals surface area contributed by atoms with Gasteiger partial charge in [0.25, 0.3) is 0 Å². The van der Waals surface area contributed by atoms with Gasteiger partial charge in [0.15, 0.2) is 17.5 Å². The molecule has 0 bridgehead atoms. The normalized spacial score (nSPS) is 11.5. The highest BCUT2D eigenvalue weighted by Crippen LogP contribution is 2.42. The Bertz CT molecular complexity index is 2860. The van der Waals surface area contributed by atoms with Crippen LogP contribution in [0.4, 0.5) is 0 Å². The van der Waals surface area contributed by atoms with Crippen LogP contribution in [0.15, 0.2) is 180 Å². The fourth-order valence-corrected chi connectivity index (χ4v) is 7.24. The third-order valence-electron chi connectivity index (χ3n) is 9.70. The molecule has 4 heteroatoms. The second kappa shape index (κ2) is 11.9. The van der Waals surface area contributed by atoms with Gasteiger partial charge in [-0.25, -0.2) is 15.0 Å². The summed E-state index contributed by atoms with van der Waals surface area (Å²) in [6.07, 6.45) is 0. The number of furan rings is 1. The van der Waals surface area contributed by atoms with Crippen molar-refractivity contribution in [2.24, 2.45) is 0 Å². The molecule has 0 aliphatic heterocycles. The highest BCUT2D eigenvalue weighted by Gasteiger charge is 2.17. The van der Waals surface area contributed by atoms with Crippen LogP contribution < -0.4 is 0 Å². The molecule has 0 saturated heterocycles. The Kier molecular flexibility index (Phi) is 6.78. The van der Waals surface area contributed by atoms with Crippen molar-refractivity contribution in [1.82, 2.24) is 15.0 Å². The quantitative estimate of drug-likeness (QED) is 0.174. The molecule has 0 unspecified atom stereocenters. The van der Waals surface area contributed by atoms with Gasteiger partial charge < -0.3 is 4.42 Å². The van der Waals surface area contributed by atoms with E-state index in [1.54, 1.807) is 0 Å². The molecule has 2 heterocycles. The van der Waals surface area contributed by atoms with Gasteiger partial charge in [0.05, 0.1) is 0 Å². The summed E-state index contributed by atoms with van der Waals surface area (Å²) in [5.41, 5.74) is 9.13. The maximum absolute atomic E-state index is 6.57. The van der Waals surface area contributed by atoms with Gasteiger partial charge in [0.1, 0.15) is 11.2 Å². The average molecular weight is 652 g/mol. The molecule has 4 nitrogen and oxygen atoms in total. The van der Waals surface area contributed by atoms with Crippen molar-refractivity contribution < 1.29 is 4.42 Å². The van der Waals surface area contributed by atoms with Crippen molar-refractivity contribution in [2.45, 2.75) is 0 Å². The maximum atomic E-state index is 6.57. The number of nitrogens with zero attached hydrogens (tertiary/aromatic N) is 3. The average Bonchev–Trinajstić information content (AvgIpc) is 3.61. The summed E-state index contributed by atoms with van der Waals surface area (Å²) >= 11 is 0. The van der Waals surface area contributed by atoms with Gasteiger partial charge in [-0.05, 0) is 62.7 Å². The van der Waals surface area contributed by atoms with E-state index < -0.39 is 0 Å². The lowest BCUT2D eigenvalue weighted by Gasteiger charge is -2.10. The standard InChI is InChI=1S/C47H29N3O/c1-3-13-30(14-4-1)45-48-46(31-15-5-2-6-16-31)50-47(49-45)36-20-12-19-34(28-36)32-17-11-18-33(27-32)35-25-26-42-41(29-35)43-39-23-9-7-21-37(39)38-22-8-10-24-40(38)44(43)51-42/h1-29H. The first kappa shape index (κ1) is 29.0. The number of hydrogen-bond donors (Lipinski definition) is 0. The minimum atomic E-state index is 0.637. The Hall–Kier alpha value is -6.91. The number of fused-ring (bicyclic) bond motifs is 8. The van der Waals surface area contributed by atoms with Crippen molar-refractivity contribution in [2.75, 3.05) is 0 Å². The van der Waals surface area contributed by atoms with Crippen LogP contribution in [-0.4, -0.2) is 15.0 Å². The molecule has 0 fully saturated rings. The van der Waals surface area contributed by atoms with E-state index in [1.807, 2.05) is 60.7 Å². The largest absolute Gasteiger partial charge is 0.455 e. The molecule has 0 amide bonds. The van der Waals surface area contributed by atoms with Crippen molar-refractivity contribution >= 4 is 43.5 Å². The second-order valence-electron chi connectivity index (χ2n) is 12.8. The Morgan fingerprint density at radius 3 is 1.33 bits per heavy atom. The zero-order chi connectivity index (χ0) is 33.7. The fourth-order valence-electron chi connectivity index (χ4n) is 7.24. The van der Waals surface area contributed by atoms with E-state index in [4.69, 9.17) is 19.4 Å². The molecule has 51 heavy (non-hydrogen) atoms. The molecule has 10 aromatic rings. The Morgan fingerprint density at radius 2 is 0.725 bits per heavy atom. The predicted molar refractivity (Wildman–Crippen MR) is 209 cm³/mol. The summed E-state index contributed by atoms with van der Waals surface area (Å²) < 4.78 is 6.57. The summed E-state index contributed by atoms with van der Waals surface area (Å²) in [6.45, 7) is 0. The first-order valence-corrected chi connectivity index (χ1v) is 17.1. The third kappa shape index (κ3) is 5.04. The van der Waals surface area contributed by atoms with Gasteiger partial charge >= 0.3 is 0 Å². The predicted octanol–water partition coefficient (Wildman–Crippen LogP) is 12.4. The van der Waals surface area contributed by atoms with Gasteiger partial charge in [0, 0.05) is 32.8 Å². The van der Waals surface area contributed by atoms with Gasteiger partial charge in [-0.1, -0.05) is 152 Å². The van der Waals surface area contributed by atoms with Crippen molar-refractivity contribution in [3.05, 3.63) is 176 Å². The van der Waals surface area contributed by atoms with Crippen molar-refractivity contribution in [3.63, 3.8) is 0 Å². The van der Waals surface area contributed by atoms with Crippen molar-refractivity contribution in [3.8, 4) is 56.4 Å². The number of hydrogen-bond acceptors (Lipinski definition) is 4. The molecule has 238 valence electrons. The molecule has 0 saturated carbocycles. The summed E-state index contributed by atoms with van der Waals surface area (Å²) in [7, 11) is 0. The smallest absolute Gasteiger partial charge is 0.164 e. The van der Waals surface area contributed by atoms with Crippen LogP contribution in [0.25, 0.3) is 99.9 Å². The summed E-state index contributed by atoms with van der Waals surface area (Å²) in [6, 6.07) is 61.0. The highest BCUT2D eigenvalue weighted by molar-refractivity contribution is 6.30. The SMILES string of the molecule is c1ccc(-c2nc(-c3ccccc3)nc(-c3cccc(-c4cccc(-c5ccc6oc7c8ccccc8c8ccccc8c7c6c5)c4)c3)n2)cc1. The maximum Gasteiger partial charge on any atom is 0.164 e. The topological polar surface area (TPSA) is 51.8 Å². The first-order chi connectivity index (χ1) is 25.3. The zero-order valence-electron chi connectivity index (χ0n) is 27.5. The van der Waals surface area contributed by atoms with Crippen LogP contribution in [0.5, 0.6) is 0 Å². The van der Waals surface area contributed by atoms with Crippen molar-refractivity contribution in [1.29, 1.82) is 0 Å². The van der Waals surface area contributed by atoms with Crippen LogP contribution >= 0.6 is 0 Å². The van der Waals surface area contributed by atoms with E-state index >= 15 is 0 Å². The third-order valence-corrected chi connectivity index (χ3v) is 9.70. The first-order valence-electron chi connectivity index (χ1n) is 17.1. The van der Waals surface area contributed by atoms with E-state index in [0.717, 1.165) is 66.3 Å². The molecule has 2 aromatic heterocycles. The molecule has 0 radical (unpaired) electrons. The molecule has 10 rings (SSSR count). The monoisotopic (exact) mass is 651 g/mol. The van der Waals surface area contributed by atoms with Crippen LogP contribution in [-0.2, 0) is 0 Å². The van der Waals surface area contributed by atoms with Gasteiger partial charge in [-0.2, -0.15) is 0 Å². The molecule has 8 aromatic carbocycles. The van der Waals surface area contributed by atoms with Gasteiger partial charge in [0.2, 0.25) is 0 Å². The Morgan fingerprint density at radius 1 is 0.294 bits per heavy atom. The van der Waals surface area contributed by atoms with E-state index in [2.05, 4.69) is 115 Å². The highest BCUT2D eigenvalue weighted by atomic mass is 16.3. The lowest BCUT2D eigenvalue weighted by Crippen LogP contribution is -2.00. The Balaban J connectivity index is 1.08. The number of benzene rings is 8. The van der Waals surface area contributed by atoms with Crippen LogP contribution in [0.3, 0.4) is 0 Å². The van der Waals surface area contributed by atoms with E-state index in [0.29, 0.717) is 17.5 Å². The lowest BCUT2D eigenvalue weighted by molar-refractivity contribution is 0.673. The minimum absolute atomic E-state index is 0.637. The number of aromatic nitrogens is 3. The van der Waals surface area contributed by atoms with E-state index in [1.165, 1.54) is 16.2 Å². The minimum Gasteiger partial charge on any atom is -0.455 e. The molecule has 0 aliphatic rings. The fraction of sp³-hybridized carbons (Fsp3) is 0.